The Morgan fingerprint density at radius 3 is 2.68 bits per heavy atom. The predicted octanol–water partition coefficient (Wildman–Crippen LogP) is 3.38. The zero-order valence-corrected chi connectivity index (χ0v) is 13.9. The number of epoxide rings is 1. The lowest BCUT2D eigenvalue weighted by atomic mass is 10.1. The summed E-state index contributed by atoms with van der Waals surface area (Å²) in [6, 6.07) is 11.3. The van der Waals surface area contributed by atoms with Gasteiger partial charge < -0.3 is 15.2 Å². The Bertz CT molecular complexity index is 901. The van der Waals surface area contributed by atoms with E-state index in [1.54, 1.807) is 12.3 Å². The van der Waals surface area contributed by atoms with E-state index in [1.165, 1.54) is 6.20 Å². The number of hydrogen-bond acceptors (Lipinski definition) is 6. The molecule has 0 radical (unpaired) electrons. The highest BCUT2D eigenvalue weighted by molar-refractivity contribution is 6.32. The third-order valence-electron chi connectivity index (χ3n) is 3.81. The maximum atomic E-state index is 9.60. The lowest BCUT2D eigenvalue weighted by Crippen LogP contribution is -2.10. The van der Waals surface area contributed by atoms with Crippen molar-refractivity contribution < 1.29 is 9.84 Å². The number of nitrogens with one attached hydrogen (secondary N) is 1. The Labute approximate surface area is 149 Å². The average molecular weight is 355 g/mol. The molecule has 0 spiro atoms. The number of aromatic hydroxyl groups is 1. The molecule has 1 atom stereocenters. The number of rotatable bonds is 5. The van der Waals surface area contributed by atoms with Gasteiger partial charge in [-0.05, 0) is 6.07 Å². The summed E-state index contributed by atoms with van der Waals surface area (Å²) in [6.45, 7) is 1.48. The van der Waals surface area contributed by atoms with Gasteiger partial charge in [0.25, 0.3) is 0 Å². The van der Waals surface area contributed by atoms with Gasteiger partial charge in [-0.3, -0.25) is 4.98 Å². The Kier molecular flexibility index (Phi) is 4.21. The first-order valence-corrected chi connectivity index (χ1v) is 8.21. The molecule has 0 amide bonds. The summed E-state index contributed by atoms with van der Waals surface area (Å²) < 4.78 is 5.20. The van der Waals surface area contributed by atoms with Crippen LogP contribution in [0.15, 0.2) is 48.8 Å². The van der Waals surface area contributed by atoms with Crippen molar-refractivity contribution in [2.75, 3.05) is 18.5 Å². The fourth-order valence-electron chi connectivity index (χ4n) is 2.42. The van der Waals surface area contributed by atoms with Crippen molar-refractivity contribution in [3.63, 3.8) is 0 Å². The van der Waals surface area contributed by atoms with Crippen LogP contribution in [0.5, 0.6) is 5.75 Å². The van der Waals surface area contributed by atoms with E-state index in [0.717, 1.165) is 12.2 Å². The van der Waals surface area contributed by atoms with Gasteiger partial charge in [0, 0.05) is 12.1 Å². The Balaban J connectivity index is 1.77. The fourth-order valence-corrected chi connectivity index (χ4v) is 2.57. The first kappa shape index (κ1) is 15.8. The van der Waals surface area contributed by atoms with Gasteiger partial charge in [0.1, 0.15) is 17.2 Å². The van der Waals surface area contributed by atoms with Gasteiger partial charge >= 0.3 is 0 Å². The summed E-state index contributed by atoms with van der Waals surface area (Å²) in [7, 11) is 0. The van der Waals surface area contributed by atoms with Gasteiger partial charge in [-0.15, -0.1) is 0 Å². The van der Waals surface area contributed by atoms with Crippen LogP contribution in [-0.2, 0) is 4.74 Å². The van der Waals surface area contributed by atoms with Crippen LogP contribution in [0.25, 0.3) is 22.6 Å². The van der Waals surface area contributed by atoms with E-state index < -0.39 is 0 Å². The van der Waals surface area contributed by atoms with Crippen LogP contribution in [0.1, 0.15) is 0 Å². The van der Waals surface area contributed by atoms with Crippen molar-refractivity contribution in [2.45, 2.75) is 6.10 Å². The van der Waals surface area contributed by atoms with Crippen molar-refractivity contribution in [3.05, 3.63) is 53.8 Å². The second kappa shape index (κ2) is 6.66. The van der Waals surface area contributed by atoms with Crippen LogP contribution in [0, 0.1) is 0 Å². The van der Waals surface area contributed by atoms with Crippen LogP contribution in [0.2, 0.25) is 5.02 Å². The molecule has 1 aliphatic rings. The minimum absolute atomic E-state index is 0.0673. The van der Waals surface area contributed by atoms with Crippen molar-refractivity contribution in [1.82, 2.24) is 15.0 Å². The molecule has 1 unspecified atom stereocenters. The molecule has 25 heavy (non-hydrogen) atoms. The molecule has 3 heterocycles. The van der Waals surface area contributed by atoms with Crippen LogP contribution in [0.4, 0.5) is 5.82 Å². The second-order valence-electron chi connectivity index (χ2n) is 5.68. The van der Waals surface area contributed by atoms with Crippen LogP contribution in [0.3, 0.4) is 0 Å². The van der Waals surface area contributed by atoms with E-state index >= 15 is 0 Å². The number of benzene rings is 1. The molecule has 3 aromatic rings. The summed E-state index contributed by atoms with van der Waals surface area (Å²) >= 11 is 6.02. The molecule has 4 rings (SSSR count). The van der Waals surface area contributed by atoms with Gasteiger partial charge in [-0.25, -0.2) is 9.97 Å². The molecule has 0 bridgehead atoms. The van der Waals surface area contributed by atoms with E-state index in [-0.39, 0.29) is 16.9 Å². The Morgan fingerprint density at radius 1 is 1.16 bits per heavy atom. The molecule has 126 valence electrons. The number of aromatic nitrogens is 3. The molecule has 2 aromatic heterocycles. The average Bonchev–Trinajstić information content (AvgIpc) is 3.47. The number of pyridine rings is 1. The molecule has 6 nitrogen and oxygen atoms in total. The van der Waals surface area contributed by atoms with E-state index in [0.29, 0.717) is 29.4 Å². The molecule has 7 heteroatoms. The largest absolute Gasteiger partial charge is 0.505 e. The lowest BCUT2D eigenvalue weighted by Gasteiger charge is -2.11. The molecule has 1 saturated heterocycles. The van der Waals surface area contributed by atoms with Gasteiger partial charge in [-0.2, -0.15) is 0 Å². The van der Waals surface area contributed by atoms with Crippen molar-refractivity contribution in [1.29, 1.82) is 0 Å². The zero-order chi connectivity index (χ0) is 17.2. The van der Waals surface area contributed by atoms with Crippen LogP contribution < -0.4 is 5.32 Å². The van der Waals surface area contributed by atoms with Gasteiger partial charge in [0.15, 0.2) is 5.75 Å². The molecular formula is C18H15ClN4O2. The third-order valence-corrected chi connectivity index (χ3v) is 4.11. The Hall–Kier alpha value is -2.70. The Morgan fingerprint density at radius 2 is 1.96 bits per heavy atom. The number of anilines is 1. The summed E-state index contributed by atoms with van der Waals surface area (Å²) in [6.07, 6.45) is 3.22. The predicted molar refractivity (Wildman–Crippen MR) is 95.6 cm³/mol. The number of nitrogens with zero attached hydrogens (tertiary/aromatic N) is 3. The van der Waals surface area contributed by atoms with Gasteiger partial charge in [-0.1, -0.05) is 41.9 Å². The van der Waals surface area contributed by atoms with E-state index in [1.807, 2.05) is 30.3 Å². The summed E-state index contributed by atoms with van der Waals surface area (Å²) in [5.41, 5.74) is 2.76. The minimum Gasteiger partial charge on any atom is -0.505 e. The maximum absolute atomic E-state index is 9.60. The van der Waals surface area contributed by atoms with E-state index in [9.17, 15) is 5.11 Å². The minimum atomic E-state index is -0.0673. The lowest BCUT2D eigenvalue weighted by molar-refractivity contribution is 0.416. The van der Waals surface area contributed by atoms with Crippen molar-refractivity contribution in [3.8, 4) is 28.4 Å². The van der Waals surface area contributed by atoms with Crippen molar-refractivity contribution >= 4 is 17.4 Å². The first-order chi connectivity index (χ1) is 12.2. The molecular weight excluding hydrogens is 340 g/mol. The molecule has 2 N–H and O–H groups in total. The van der Waals surface area contributed by atoms with Crippen LogP contribution >= 0.6 is 11.6 Å². The van der Waals surface area contributed by atoms with Crippen molar-refractivity contribution in [2.24, 2.45) is 0 Å². The second-order valence-corrected chi connectivity index (χ2v) is 6.08. The number of hydrogen-bond donors (Lipinski definition) is 2. The molecule has 1 aliphatic heterocycles. The van der Waals surface area contributed by atoms with Crippen LogP contribution in [-0.4, -0.2) is 39.3 Å². The fraction of sp³-hybridized carbons (Fsp3) is 0.167. The molecule has 0 aliphatic carbocycles. The SMILES string of the molecule is Oc1cnc(-c2ncc(NCC3CO3)nc2-c2ccccc2)cc1Cl. The summed E-state index contributed by atoms with van der Waals surface area (Å²) in [5, 5.41) is 13.0. The summed E-state index contributed by atoms with van der Waals surface area (Å²) in [5.74, 6) is 0.602. The molecule has 0 saturated carbocycles. The maximum Gasteiger partial charge on any atom is 0.152 e. The standard InChI is InChI=1S/C18H15ClN4O2/c19-13-6-14(20-8-15(13)24)18-17(11-4-2-1-3-5-11)23-16(9-22-18)21-7-12-10-25-12/h1-6,8-9,12,24H,7,10H2,(H,21,23). The third kappa shape index (κ3) is 3.55. The van der Waals surface area contributed by atoms with Gasteiger partial charge in [0.2, 0.25) is 0 Å². The first-order valence-electron chi connectivity index (χ1n) is 7.83. The quantitative estimate of drug-likeness (QED) is 0.683. The van der Waals surface area contributed by atoms with Gasteiger partial charge in [0.05, 0.1) is 35.8 Å². The smallest absolute Gasteiger partial charge is 0.152 e. The normalized spacial score (nSPS) is 15.8. The molecule has 1 aromatic carbocycles. The monoisotopic (exact) mass is 354 g/mol. The van der Waals surface area contributed by atoms with E-state index in [2.05, 4.69) is 15.3 Å². The molecule has 1 fully saturated rings. The topological polar surface area (TPSA) is 83.5 Å². The highest BCUT2D eigenvalue weighted by Gasteiger charge is 2.22. The highest BCUT2D eigenvalue weighted by atomic mass is 35.5. The summed E-state index contributed by atoms with van der Waals surface area (Å²) in [4.78, 5) is 13.5. The van der Waals surface area contributed by atoms with E-state index in [4.69, 9.17) is 21.3 Å². The number of ether oxygens (including phenoxy) is 1. The highest BCUT2D eigenvalue weighted by Crippen LogP contribution is 2.32. The zero-order valence-electron chi connectivity index (χ0n) is 13.2. The number of halogens is 1.